The molecular weight excluding hydrogens is 394 g/mol. The largest absolute Gasteiger partial charge is 0.494 e. The minimum atomic E-state index is -0.531. The fraction of sp³-hybridized carbons (Fsp3) is 0.389. The van der Waals surface area contributed by atoms with E-state index in [4.69, 9.17) is 9.15 Å². The highest BCUT2D eigenvalue weighted by molar-refractivity contribution is 7.13. The number of nitrogens with one attached hydrogen (secondary N) is 2. The summed E-state index contributed by atoms with van der Waals surface area (Å²) in [5.41, 5.74) is 0.0530. The predicted octanol–water partition coefficient (Wildman–Crippen LogP) is 2.04. The lowest BCUT2D eigenvalue weighted by Crippen LogP contribution is -2.41. The van der Waals surface area contributed by atoms with Gasteiger partial charge in [-0.2, -0.15) is 0 Å². The normalized spacial score (nSPS) is 14.8. The van der Waals surface area contributed by atoms with Gasteiger partial charge in [-0.15, -0.1) is 26.6 Å². The molecule has 0 saturated carbocycles. The topological polar surface area (TPSA) is 118 Å². The molecule has 152 valence electrons. The second-order valence-electron chi connectivity index (χ2n) is 6.51. The van der Waals surface area contributed by atoms with Crippen LogP contribution >= 0.6 is 11.3 Å². The highest BCUT2D eigenvalue weighted by Gasteiger charge is 2.23. The molecule has 0 spiro atoms. The molecule has 0 aromatic carbocycles. The standard InChI is InChI=1S/C18H21N7O3S/c1-19-11-5-7-25(8-6-11)14-10-12(27-2)15(22-21-14)16(26)20-18-24-23-17(28-18)13-4-3-9-29-13/h3-4,9-11,19H,5-8H2,1-2H3,(H,20,24,26). The molecule has 1 aliphatic heterocycles. The van der Waals surface area contributed by atoms with E-state index in [0.29, 0.717) is 23.5 Å². The number of piperidine rings is 1. The number of carbonyl (C=O) groups excluding carboxylic acids is 1. The van der Waals surface area contributed by atoms with E-state index in [1.54, 1.807) is 6.07 Å². The molecule has 0 radical (unpaired) electrons. The van der Waals surface area contributed by atoms with E-state index in [-0.39, 0.29) is 11.7 Å². The van der Waals surface area contributed by atoms with E-state index < -0.39 is 5.91 Å². The molecule has 0 atom stereocenters. The third-order valence-electron chi connectivity index (χ3n) is 4.79. The number of aromatic nitrogens is 4. The number of nitrogens with zero attached hydrogens (tertiary/aromatic N) is 5. The van der Waals surface area contributed by atoms with Crippen LogP contribution in [0, 0.1) is 0 Å². The van der Waals surface area contributed by atoms with Crippen molar-refractivity contribution in [1.82, 2.24) is 25.7 Å². The first-order chi connectivity index (χ1) is 14.2. The Morgan fingerprint density at radius 2 is 2.10 bits per heavy atom. The number of ether oxygens (including phenoxy) is 1. The van der Waals surface area contributed by atoms with Gasteiger partial charge in [0.25, 0.3) is 11.8 Å². The average Bonchev–Trinajstić information content (AvgIpc) is 3.45. The van der Waals surface area contributed by atoms with Crippen molar-refractivity contribution < 1.29 is 13.9 Å². The lowest BCUT2D eigenvalue weighted by Gasteiger charge is -2.32. The van der Waals surface area contributed by atoms with Crippen LogP contribution in [0.2, 0.25) is 0 Å². The van der Waals surface area contributed by atoms with Gasteiger partial charge in [-0.25, -0.2) is 0 Å². The smallest absolute Gasteiger partial charge is 0.322 e. The summed E-state index contributed by atoms with van der Waals surface area (Å²) in [5.74, 6) is 0.830. The molecule has 10 nitrogen and oxygen atoms in total. The van der Waals surface area contributed by atoms with Crippen molar-refractivity contribution in [1.29, 1.82) is 0 Å². The van der Waals surface area contributed by atoms with Gasteiger partial charge in [0.1, 0.15) is 0 Å². The monoisotopic (exact) mass is 415 g/mol. The number of rotatable bonds is 6. The average molecular weight is 415 g/mol. The summed E-state index contributed by atoms with van der Waals surface area (Å²) in [6.45, 7) is 1.73. The van der Waals surface area contributed by atoms with Crippen LogP contribution in [0.15, 0.2) is 28.0 Å². The Morgan fingerprint density at radius 1 is 1.28 bits per heavy atom. The summed E-state index contributed by atoms with van der Waals surface area (Å²) in [6.07, 6.45) is 2.04. The van der Waals surface area contributed by atoms with Crippen molar-refractivity contribution in [2.45, 2.75) is 18.9 Å². The zero-order chi connectivity index (χ0) is 20.2. The number of amides is 1. The van der Waals surface area contributed by atoms with Crippen molar-refractivity contribution in [3.05, 3.63) is 29.3 Å². The summed E-state index contributed by atoms with van der Waals surface area (Å²) >= 11 is 1.47. The van der Waals surface area contributed by atoms with Crippen LogP contribution in [0.4, 0.5) is 11.8 Å². The minimum absolute atomic E-state index is 0.0135. The van der Waals surface area contributed by atoms with Crippen LogP contribution in [0.25, 0.3) is 10.8 Å². The molecule has 1 aliphatic rings. The number of anilines is 2. The number of thiophene rings is 1. The van der Waals surface area contributed by atoms with E-state index in [2.05, 4.69) is 35.9 Å². The van der Waals surface area contributed by atoms with Gasteiger partial charge in [-0.3, -0.25) is 10.1 Å². The van der Waals surface area contributed by atoms with Gasteiger partial charge in [0.05, 0.1) is 12.0 Å². The zero-order valence-electron chi connectivity index (χ0n) is 16.1. The zero-order valence-corrected chi connectivity index (χ0v) is 16.9. The molecule has 4 rings (SSSR count). The number of carbonyl (C=O) groups is 1. The Labute approximate surface area is 171 Å². The fourth-order valence-corrected chi connectivity index (χ4v) is 3.80. The van der Waals surface area contributed by atoms with Crippen LogP contribution in [0.1, 0.15) is 23.3 Å². The molecular formula is C18H21N7O3S. The second kappa shape index (κ2) is 8.53. The number of hydrogen-bond donors (Lipinski definition) is 2. The van der Waals surface area contributed by atoms with Crippen LogP contribution in [0.3, 0.4) is 0 Å². The lowest BCUT2D eigenvalue weighted by atomic mass is 10.1. The SMILES string of the molecule is CNC1CCN(c2cc(OC)c(C(=O)Nc3nnc(-c4cccs4)o3)nn2)CC1. The third kappa shape index (κ3) is 4.20. The molecule has 4 heterocycles. The fourth-order valence-electron chi connectivity index (χ4n) is 3.16. The van der Waals surface area contributed by atoms with Crippen LogP contribution in [-0.2, 0) is 0 Å². The van der Waals surface area contributed by atoms with E-state index >= 15 is 0 Å². The molecule has 3 aromatic rings. The van der Waals surface area contributed by atoms with Crippen molar-refractivity contribution in [2.75, 3.05) is 37.5 Å². The third-order valence-corrected chi connectivity index (χ3v) is 5.64. The molecule has 1 saturated heterocycles. The van der Waals surface area contributed by atoms with Crippen molar-refractivity contribution >= 4 is 29.1 Å². The first kappa shape index (κ1) is 19.3. The Morgan fingerprint density at radius 3 is 2.79 bits per heavy atom. The summed E-state index contributed by atoms with van der Waals surface area (Å²) in [7, 11) is 3.47. The Balaban J connectivity index is 1.47. The van der Waals surface area contributed by atoms with Crippen LogP contribution in [-0.4, -0.2) is 59.6 Å². The maximum absolute atomic E-state index is 12.6. The minimum Gasteiger partial charge on any atom is -0.494 e. The molecule has 1 fully saturated rings. The maximum Gasteiger partial charge on any atom is 0.322 e. The number of methoxy groups -OCH3 is 1. The predicted molar refractivity (Wildman–Crippen MR) is 108 cm³/mol. The maximum atomic E-state index is 12.6. The molecule has 29 heavy (non-hydrogen) atoms. The van der Waals surface area contributed by atoms with Gasteiger partial charge < -0.3 is 19.4 Å². The van der Waals surface area contributed by atoms with E-state index in [0.717, 1.165) is 30.8 Å². The van der Waals surface area contributed by atoms with Crippen molar-refractivity contribution in [3.63, 3.8) is 0 Å². The van der Waals surface area contributed by atoms with Gasteiger partial charge in [0, 0.05) is 25.2 Å². The van der Waals surface area contributed by atoms with Crippen LogP contribution in [0.5, 0.6) is 5.75 Å². The Bertz CT molecular complexity index is 968. The van der Waals surface area contributed by atoms with Crippen molar-refractivity contribution in [3.8, 4) is 16.5 Å². The Kier molecular flexibility index (Phi) is 5.67. The molecule has 2 N–H and O–H groups in total. The van der Waals surface area contributed by atoms with Gasteiger partial charge in [0.2, 0.25) is 0 Å². The van der Waals surface area contributed by atoms with Crippen LogP contribution < -0.4 is 20.3 Å². The van der Waals surface area contributed by atoms with E-state index in [9.17, 15) is 4.79 Å². The molecule has 3 aromatic heterocycles. The van der Waals surface area contributed by atoms with E-state index in [1.165, 1.54) is 18.4 Å². The van der Waals surface area contributed by atoms with E-state index in [1.807, 2.05) is 24.6 Å². The first-order valence-corrected chi connectivity index (χ1v) is 10.1. The molecule has 0 bridgehead atoms. The Hall–Kier alpha value is -3.05. The molecule has 1 amide bonds. The van der Waals surface area contributed by atoms with Gasteiger partial charge in [-0.1, -0.05) is 11.2 Å². The van der Waals surface area contributed by atoms with Crippen molar-refractivity contribution in [2.24, 2.45) is 0 Å². The number of hydrogen-bond acceptors (Lipinski definition) is 10. The molecule has 0 aliphatic carbocycles. The highest BCUT2D eigenvalue weighted by atomic mass is 32.1. The first-order valence-electron chi connectivity index (χ1n) is 9.20. The summed E-state index contributed by atoms with van der Waals surface area (Å²) in [6, 6.07) is 5.97. The second-order valence-corrected chi connectivity index (χ2v) is 7.46. The van der Waals surface area contributed by atoms with Gasteiger partial charge in [-0.05, 0) is 31.3 Å². The summed E-state index contributed by atoms with van der Waals surface area (Å²) < 4.78 is 10.9. The quantitative estimate of drug-likeness (QED) is 0.623. The lowest BCUT2D eigenvalue weighted by molar-refractivity contribution is 0.101. The van der Waals surface area contributed by atoms with Gasteiger partial charge in [0.15, 0.2) is 17.3 Å². The molecule has 11 heteroatoms. The highest BCUT2D eigenvalue weighted by Crippen LogP contribution is 2.26. The molecule has 0 unspecified atom stereocenters. The summed E-state index contributed by atoms with van der Waals surface area (Å²) in [4.78, 5) is 15.6. The van der Waals surface area contributed by atoms with Gasteiger partial charge >= 0.3 is 6.01 Å². The summed E-state index contributed by atoms with van der Waals surface area (Å²) in [5, 5.41) is 23.8.